The van der Waals surface area contributed by atoms with Crippen molar-refractivity contribution in [3.8, 4) is 12.3 Å². The van der Waals surface area contributed by atoms with E-state index in [1.807, 2.05) is 0 Å². The minimum Gasteiger partial charge on any atom is -0.289 e. The number of hydrogen-bond donors (Lipinski definition) is 0. The van der Waals surface area contributed by atoms with Gasteiger partial charge in [0.2, 0.25) is 0 Å². The zero-order valence-electron chi connectivity index (χ0n) is 9.36. The van der Waals surface area contributed by atoms with Crippen molar-refractivity contribution in [1.82, 2.24) is 0 Å². The first kappa shape index (κ1) is 11.1. The minimum absolute atomic E-state index is 0.149. The van der Waals surface area contributed by atoms with Crippen LogP contribution in [0.1, 0.15) is 27.6 Å². The molecule has 1 aliphatic carbocycles. The lowest BCUT2D eigenvalue weighted by atomic mass is 9.82. The lowest BCUT2D eigenvalue weighted by Crippen LogP contribution is -2.22. The van der Waals surface area contributed by atoms with Crippen molar-refractivity contribution in [2.45, 2.75) is 6.92 Å². The number of ketones is 2. The smallest absolute Gasteiger partial charge is 0.195 e. The van der Waals surface area contributed by atoms with Crippen LogP contribution in [0.25, 0.3) is 0 Å². The third-order valence-corrected chi connectivity index (χ3v) is 2.71. The van der Waals surface area contributed by atoms with Gasteiger partial charge in [-0.15, -0.1) is 6.42 Å². The van der Waals surface area contributed by atoms with E-state index in [2.05, 4.69) is 5.92 Å². The molecular weight excluding hydrogens is 212 g/mol. The van der Waals surface area contributed by atoms with Crippen LogP contribution in [0.4, 0.5) is 0 Å². The Morgan fingerprint density at radius 2 is 1.59 bits per heavy atom. The van der Waals surface area contributed by atoms with Gasteiger partial charge in [-0.05, 0) is 13.0 Å². The molecule has 0 fully saturated rings. The minimum atomic E-state index is -0.189. The van der Waals surface area contributed by atoms with Crippen LogP contribution in [0, 0.1) is 12.3 Å². The summed E-state index contributed by atoms with van der Waals surface area (Å²) < 4.78 is 0. The van der Waals surface area contributed by atoms with E-state index in [1.54, 1.807) is 37.3 Å². The molecule has 1 aliphatic rings. The second kappa shape index (κ2) is 4.23. The van der Waals surface area contributed by atoms with E-state index in [1.165, 1.54) is 6.08 Å². The zero-order chi connectivity index (χ0) is 12.4. The average Bonchev–Trinajstić information content (AvgIpc) is 2.36. The van der Waals surface area contributed by atoms with Crippen LogP contribution < -0.4 is 0 Å². The Hall–Kier alpha value is -2.40. The number of carbonyl (C=O) groups is 2. The summed E-state index contributed by atoms with van der Waals surface area (Å²) in [5, 5.41) is 0. The van der Waals surface area contributed by atoms with Gasteiger partial charge in [0.25, 0.3) is 0 Å². The monoisotopic (exact) mass is 222 g/mol. The van der Waals surface area contributed by atoms with Crippen LogP contribution in [-0.4, -0.2) is 11.6 Å². The Balaban J connectivity index is 2.75. The van der Waals surface area contributed by atoms with Crippen LogP contribution in [-0.2, 0) is 0 Å². The highest BCUT2D eigenvalue weighted by molar-refractivity contribution is 6.31. The van der Waals surface area contributed by atoms with E-state index in [9.17, 15) is 9.59 Å². The van der Waals surface area contributed by atoms with Gasteiger partial charge in [-0.2, -0.15) is 0 Å². The summed E-state index contributed by atoms with van der Waals surface area (Å²) in [6.45, 7) is 1.72. The summed E-state index contributed by atoms with van der Waals surface area (Å²) in [5.41, 5.74) is 1.55. The number of benzene rings is 1. The molecule has 0 aromatic heterocycles. The maximum absolute atomic E-state index is 12.2. The second-order valence-electron chi connectivity index (χ2n) is 3.63. The molecular formula is C15H10O2. The Bertz CT molecular complexity index is 610. The molecule has 0 aliphatic heterocycles. The van der Waals surface area contributed by atoms with Crippen molar-refractivity contribution in [2.24, 2.45) is 0 Å². The highest BCUT2D eigenvalue weighted by Crippen LogP contribution is 2.29. The predicted molar refractivity (Wildman–Crippen MR) is 65.8 cm³/mol. The van der Waals surface area contributed by atoms with Gasteiger partial charge in [0.15, 0.2) is 11.6 Å². The normalized spacial score (nSPS) is 19.3. The summed E-state index contributed by atoms with van der Waals surface area (Å²) in [5.74, 6) is 1.97. The molecule has 1 aromatic carbocycles. The van der Waals surface area contributed by atoms with Crippen molar-refractivity contribution in [2.75, 3.05) is 0 Å². The second-order valence-corrected chi connectivity index (χ2v) is 3.63. The fraction of sp³-hybridized carbons (Fsp3) is 0.0667. The van der Waals surface area contributed by atoms with Gasteiger partial charge >= 0.3 is 0 Å². The van der Waals surface area contributed by atoms with Gasteiger partial charge in [0, 0.05) is 22.3 Å². The molecule has 0 bridgehead atoms. The lowest BCUT2D eigenvalue weighted by molar-refractivity contribution is 0.0972. The van der Waals surface area contributed by atoms with Crippen molar-refractivity contribution < 1.29 is 9.59 Å². The standard InChI is InChI=1S/C15H10O2/c1-3-7-11-10(4-2)14(16)12-8-5-6-9-13(12)15(11)17/h1,4-9H,2H3/b10-4+,11-7+. The van der Waals surface area contributed by atoms with Crippen molar-refractivity contribution in [3.05, 3.63) is 58.7 Å². The highest BCUT2D eigenvalue weighted by atomic mass is 16.1. The number of carbonyl (C=O) groups excluding carboxylic acids is 2. The Morgan fingerprint density at radius 1 is 1.06 bits per heavy atom. The molecule has 17 heavy (non-hydrogen) atoms. The molecule has 0 unspecified atom stereocenters. The summed E-state index contributed by atoms with van der Waals surface area (Å²) in [4.78, 5) is 24.3. The van der Waals surface area contributed by atoms with Gasteiger partial charge < -0.3 is 0 Å². The number of hydrogen-bond acceptors (Lipinski definition) is 2. The molecule has 82 valence electrons. The number of fused-ring (bicyclic) bond motifs is 1. The van der Waals surface area contributed by atoms with E-state index >= 15 is 0 Å². The zero-order valence-corrected chi connectivity index (χ0v) is 9.36. The summed E-state index contributed by atoms with van der Waals surface area (Å²) in [7, 11) is 0. The molecule has 2 heteroatoms. The summed E-state index contributed by atoms with van der Waals surface area (Å²) in [6.07, 6.45) is 8.16. The summed E-state index contributed by atoms with van der Waals surface area (Å²) in [6, 6.07) is 6.78. The predicted octanol–water partition coefficient (Wildman–Crippen LogP) is 2.57. The molecule has 0 heterocycles. The van der Waals surface area contributed by atoms with Gasteiger partial charge in [-0.1, -0.05) is 36.3 Å². The van der Waals surface area contributed by atoms with Crippen molar-refractivity contribution in [1.29, 1.82) is 0 Å². The number of rotatable bonds is 0. The molecule has 0 saturated heterocycles. The first-order chi connectivity index (χ1) is 8.20. The maximum Gasteiger partial charge on any atom is 0.195 e. The Labute approximate surface area is 99.7 Å². The van der Waals surface area contributed by atoms with Gasteiger partial charge in [-0.3, -0.25) is 9.59 Å². The molecule has 1 aromatic rings. The molecule has 2 rings (SSSR count). The first-order valence-electron chi connectivity index (χ1n) is 5.22. The van der Waals surface area contributed by atoms with Gasteiger partial charge in [0.1, 0.15) is 0 Å². The van der Waals surface area contributed by atoms with Gasteiger partial charge in [-0.25, -0.2) is 0 Å². The Morgan fingerprint density at radius 3 is 2.06 bits per heavy atom. The SMILES string of the molecule is C#C/C=C1/C(=O)c2ccccc2C(=O)/C1=C/C. The number of Topliss-reactive ketones (excluding diaryl/α,β-unsaturated/α-hetero) is 2. The van der Waals surface area contributed by atoms with Crippen LogP contribution in [0.5, 0.6) is 0 Å². The van der Waals surface area contributed by atoms with E-state index < -0.39 is 0 Å². The van der Waals surface area contributed by atoms with Crippen molar-refractivity contribution in [3.63, 3.8) is 0 Å². The lowest BCUT2D eigenvalue weighted by Gasteiger charge is -2.18. The largest absolute Gasteiger partial charge is 0.289 e. The molecule has 0 saturated carbocycles. The van der Waals surface area contributed by atoms with E-state index in [0.29, 0.717) is 22.3 Å². The molecule has 2 nitrogen and oxygen atoms in total. The number of terminal acetylenes is 1. The van der Waals surface area contributed by atoms with Crippen LogP contribution >= 0.6 is 0 Å². The molecule has 0 amide bonds. The molecule has 0 radical (unpaired) electrons. The first-order valence-corrected chi connectivity index (χ1v) is 5.22. The van der Waals surface area contributed by atoms with Crippen LogP contribution in [0.2, 0.25) is 0 Å². The van der Waals surface area contributed by atoms with Crippen LogP contribution in [0.15, 0.2) is 47.6 Å². The fourth-order valence-electron chi connectivity index (χ4n) is 1.93. The van der Waals surface area contributed by atoms with Crippen LogP contribution in [0.3, 0.4) is 0 Å². The molecule has 0 atom stereocenters. The Kier molecular flexibility index (Phi) is 2.76. The van der Waals surface area contributed by atoms with Gasteiger partial charge in [0.05, 0.1) is 0 Å². The third-order valence-electron chi connectivity index (χ3n) is 2.71. The van der Waals surface area contributed by atoms with E-state index in [0.717, 1.165) is 0 Å². The third kappa shape index (κ3) is 1.62. The van der Waals surface area contributed by atoms with Crippen molar-refractivity contribution >= 4 is 11.6 Å². The summed E-state index contributed by atoms with van der Waals surface area (Å²) >= 11 is 0. The average molecular weight is 222 g/mol. The molecule has 0 spiro atoms. The topological polar surface area (TPSA) is 34.1 Å². The van der Waals surface area contributed by atoms with E-state index in [-0.39, 0.29) is 11.6 Å². The molecule has 0 N–H and O–H groups in total. The maximum atomic E-state index is 12.2. The highest BCUT2D eigenvalue weighted by Gasteiger charge is 2.31. The fourth-order valence-corrected chi connectivity index (χ4v) is 1.93. The number of allylic oxidation sites excluding steroid dienone is 4. The quantitative estimate of drug-likeness (QED) is 0.499. The van der Waals surface area contributed by atoms with E-state index in [4.69, 9.17) is 6.42 Å².